The van der Waals surface area contributed by atoms with Crippen LogP contribution in [0, 0.1) is 0 Å². The fourth-order valence-electron chi connectivity index (χ4n) is 2.76. The van der Waals surface area contributed by atoms with Gasteiger partial charge in [-0.15, -0.1) is 11.3 Å². The average Bonchev–Trinajstić information content (AvgIpc) is 3.32. The zero-order valence-electron chi connectivity index (χ0n) is 17.3. The number of ether oxygens (including phenoxy) is 2. The Morgan fingerprint density at radius 3 is 2.45 bits per heavy atom. The van der Waals surface area contributed by atoms with Gasteiger partial charge in [-0.2, -0.15) is 5.10 Å². The van der Waals surface area contributed by atoms with E-state index in [0.29, 0.717) is 0 Å². The molecule has 3 atom stereocenters. The van der Waals surface area contributed by atoms with Gasteiger partial charge in [-0.3, -0.25) is 19.2 Å². The maximum atomic E-state index is 12.3. The highest BCUT2D eigenvalue weighted by Crippen LogP contribution is 2.29. The first-order valence-electron chi connectivity index (χ1n) is 9.20. The van der Waals surface area contributed by atoms with Gasteiger partial charge in [0.05, 0.1) is 25.1 Å². The Morgan fingerprint density at radius 2 is 1.97 bits per heavy atom. The van der Waals surface area contributed by atoms with Crippen LogP contribution in [0.5, 0.6) is 0 Å². The number of esters is 1. The number of thiophene rings is 1. The summed E-state index contributed by atoms with van der Waals surface area (Å²) in [6, 6.07) is 5.59. The van der Waals surface area contributed by atoms with Crippen LogP contribution in [0.3, 0.4) is 0 Å². The maximum Gasteiger partial charge on any atom is 0.336 e. The lowest BCUT2D eigenvalue weighted by molar-refractivity contribution is -0.179. The van der Waals surface area contributed by atoms with Crippen molar-refractivity contribution in [1.82, 2.24) is 14.7 Å². The fraction of sp³-hybridized carbons (Fsp3) is 0.474. The number of carbonyl (C=O) groups excluding carboxylic acids is 1. The first kappa shape index (κ1) is 24.5. The number of aliphatic hydroxyl groups is 1. The lowest BCUT2D eigenvalue weighted by Gasteiger charge is -2.28. The van der Waals surface area contributed by atoms with E-state index in [4.69, 9.17) is 19.7 Å². The number of aliphatic carboxylic acids is 2. The van der Waals surface area contributed by atoms with Crippen LogP contribution < -0.4 is 0 Å². The van der Waals surface area contributed by atoms with E-state index in [2.05, 4.69) is 5.10 Å². The molecule has 2 heterocycles. The second-order valence-corrected chi connectivity index (χ2v) is 8.08. The number of carboxylic acids is 2. The van der Waals surface area contributed by atoms with Crippen LogP contribution in [-0.2, 0) is 30.9 Å². The largest absolute Gasteiger partial charge is 0.481 e. The molecule has 2 aromatic rings. The minimum atomic E-state index is -2.77. The predicted molar refractivity (Wildman–Crippen MR) is 108 cm³/mol. The van der Waals surface area contributed by atoms with Crippen molar-refractivity contribution in [3.05, 3.63) is 40.3 Å². The van der Waals surface area contributed by atoms with Crippen molar-refractivity contribution in [3.63, 3.8) is 0 Å². The Labute approximate surface area is 182 Å². The van der Waals surface area contributed by atoms with E-state index in [9.17, 15) is 19.5 Å². The summed E-state index contributed by atoms with van der Waals surface area (Å²) in [5.74, 6) is -4.44. The van der Waals surface area contributed by atoms with Crippen LogP contribution in [0.25, 0.3) is 0 Å². The highest BCUT2D eigenvalue weighted by Gasteiger charge is 2.42. The predicted octanol–water partition coefficient (Wildman–Crippen LogP) is 0.699. The number of likely N-dealkylation sites (N-methyl/N-ethyl adjacent to an activating group) is 1. The number of aromatic nitrogens is 2. The van der Waals surface area contributed by atoms with Gasteiger partial charge in [0.25, 0.3) is 0 Å². The van der Waals surface area contributed by atoms with Crippen LogP contribution in [0.1, 0.15) is 29.5 Å². The molecular formula is C19H25N3O8S. The van der Waals surface area contributed by atoms with E-state index in [0.717, 1.165) is 10.6 Å². The van der Waals surface area contributed by atoms with E-state index < -0.39 is 48.7 Å². The fourth-order valence-corrected chi connectivity index (χ4v) is 3.54. The third-order valence-electron chi connectivity index (χ3n) is 4.46. The van der Waals surface area contributed by atoms with Crippen LogP contribution in [0.15, 0.2) is 29.8 Å². The zero-order chi connectivity index (χ0) is 23.2. The number of hydrogen-bond acceptors (Lipinski definition) is 9. The first-order valence-corrected chi connectivity index (χ1v) is 10.1. The Hall–Kier alpha value is -2.80. The summed E-state index contributed by atoms with van der Waals surface area (Å²) < 4.78 is 13.0. The normalized spacial score (nSPS) is 15.3. The molecule has 2 aromatic heterocycles. The van der Waals surface area contributed by atoms with E-state index in [-0.39, 0.29) is 6.61 Å². The lowest BCUT2D eigenvalue weighted by Crippen LogP contribution is -2.45. The van der Waals surface area contributed by atoms with Gasteiger partial charge >= 0.3 is 17.9 Å². The van der Waals surface area contributed by atoms with E-state index >= 15 is 0 Å². The molecule has 2 rings (SSSR count). The van der Waals surface area contributed by atoms with Gasteiger partial charge in [0.15, 0.2) is 11.8 Å². The number of aryl methyl sites for hydroxylation is 1. The number of rotatable bonds is 12. The van der Waals surface area contributed by atoms with Gasteiger partial charge in [0.2, 0.25) is 0 Å². The minimum absolute atomic E-state index is 0.0725. The molecule has 0 fully saturated rings. The van der Waals surface area contributed by atoms with Crippen LogP contribution >= 0.6 is 11.3 Å². The molecule has 0 saturated heterocycles. The quantitative estimate of drug-likeness (QED) is 0.308. The molecule has 3 N–H and O–H groups in total. The standard InChI is InChI=1S/C19H25N3O8S/c1-21(2)14(30-16(25)10-19(28,18(26)27)9-15(23)24)11-29-17(13-5-4-8-31-13)12-6-7-20-22(12)3/h4-8,14,17,28H,9-11H2,1-3H3,(H,23,24)(H,26,27). The molecule has 170 valence electrons. The molecule has 0 bridgehead atoms. The molecular weight excluding hydrogens is 430 g/mol. The summed E-state index contributed by atoms with van der Waals surface area (Å²) in [5, 5.41) is 34.0. The summed E-state index contributed by atoms with van der Waals surface area (Å²) >= 11 is 1.49. The third-order valence-corrected chi connectivity index (χ3v) is 5.37. The Bertz CT molecular complexity index is 898. The highest BCUT2D eigenvalue weighted by atomic mass is 32.1. The van der Waals surface area contributed by atoms with E-state index in [1.807, 2.05) is 17.5 Å². The maximum absolute atomic E-state index is 12.3. The average molecular weight is 455 g/mol. The first-order chi connectivity index (χ1) is 14.5. The second kappa shape index (κ2) is 10.5. The SMILES string of the molecule is CN(C)C(COC(c1cccs1)c1ccnn1C)OC(=O)CC(O)(CC(=O)O)C(=O)O. The lowest BCUT2D eigenvalue weighted by atomic mass is 9.96. The zero-order valence-corrected chi connectivity index (χ0v) is 18.1. The molecule has 3 unspecified atom stereocenters. The van der Waals surface area contributed by atoms with Gasteiger partial charge in [-0.1, -0.05) is 6.07 Å². The highest BCUT2D eigenvalue weighted by molar-refractivity contribution is 7.10. The van der Waals surface area contributed by atoms with Crippen molar-refractivity contribution in [3.8, 4) is 0 Å². The Morgan fingerprint density at radius 1 is 1.26 bits per heavy atom. The molecule has 0 radical (unpaired) electrons. The van der Waals surface area contributed by atoms with Gasteiger partial charge in [-0.25, -0.2) is 4.79 Å². The van der Waals surface area contributed by atoms with E-state index in [1.165, 1.54) is 11.3 Å². The van der Waals surface area contributed by atoms with Gasteiger partial charge < -0.3 is 24.8 Å². The number of carbonyl (C=O) groups is 3. The number of hydrogen-bond donors (Lipinski definition) is 3. The smallest absolute Gasteiger partial charge is 0.336 e. The molecule has 0 saturated carbocycles. The van der Waals surface area contributed by atoms with Gasteiger partial charge in [0, 0.05) is 18.1 Å². The van der Waals surface area contributed by atoms with Gasteiger partial charge in [-0.05, 0) is 31.6 Å². The van der Waals surface area contributed by atoms with Crippen molar-refractivity contribution < 1.29 is 39.2 Å². The number of carboxylic acid groups (broad SMARTS) is 2. The topological polar surface area (TPSA) is 151 Å². The second-order valence-electron chi connectivity index (χ2n) is 7.10. The molecule has 0 aliphatic heterocycles. The van der Waals surface area contributed by atoms with Crippen molar-refractivity contribution in [2.45, 2.75) is 30.8 Å². The van der Waals surface area contributed by atoms with Crippen molar-refractivity contribution in [1.29, 1.82) is 0 Å². The summed E-state index contributed by atoms with van der Waals surface area (Å²) in [6.07, 6.45) is -1.91. The minimum Gasteiger partial charge on any atom is -0.481 e. The van der Waals surface area contributed by atoms with E-state index in [1.54, 1.807) is 43.0 Å². The van der Waals surface area contributed by atoms with Crippen LogP contribution in [0.2, 0.25) is 0 Å². The van der Waals surface area contributed by atoms with Gasteiger partial charge in [0.1, 0.15) is 6.10 Å². The van der Waals surface area contributed by atoms with Crippen LogP contribution in [-0.4, -0.2) is 80.4 Å². The monoisotopic (exact) mass is 455 g/mol. The molecule has 0 amide bonds. The van der Waals surface area contributed by atoms with Crippen LogP contribution in [0.4, 0.5) is 0 Å². The Balaban J connectivity index is 2.10. The third kappa shape index (κ3) is 6.59. The summed E-state index contributed by atoms with van der Waals surface area (Å²) in [6.45, 7) is -0.0725. The number of nitrogens with zero attached hydrogens (tertiary/aromatic N) is 3. The Kier molecular flexibility index (Phi) is 8.28. The molecule has 0 aromatic carbocycles. The summed E-state index contributed by atoms with van der Waals surface area (Å²) in [5.41, 5.74) is -1.98. The van der Waals surface area contributed by atoms with Crippen molar-refractivity contribution in [2.24, 2.45) is 7.05 Å². The van der Waals surface area contributed by atoms with Crippen molar-refractivity contribution in [2.75, 3.05) is 20.7 Å². The summed E-state index contributed by atoms with van der Waals surface area (Å²) in [7, 11) is 5.04. The molecule has 12 heteroatoms. The summed E-state index contributed by atoms with van der Waals surface area (Å²) in [4.78, 5) is 36.8. The molecule has 11 nitrogen and oxygen atoms in total. The molecule has 0 spiro atoms. The molecule has 0 aliphatic carbocycles. The molecule has 31 heavy (non-hydrogen) atoms. The van der Waals surface area contributed by atoms with Crippen molar-refractivity contribution >= 4 is 29.2 Å². The molecule has 0 aliphatic rings.